The first-order valence-electron chi connectivity index (χ1n) is 5.40. The molecule has 3 nitrogen and oxygen atoms in total. The Balaban J connectivity index is 2.03. The predicted molar refractivity (Wildman–Crippen MR) is 64.2 cm³/mol. The smallest absolute Gasteiger partial charge is 0.246 e. The third-order valence-corrected chi connectivity index (χ3v) is 3.78. The van der Waals surface area contributed by atoms with Crippen molar-refractivity contribution in [3.63, 3.8) is 0 Å². The molecule has 2 atom stereocenters. The topological polar surface area (TPSA) is 49.3 Å². The second-order valence-electron chi connectivity index (χ2n) is 4.23. The summed E-state index contributed by atoms with van der Waals surface area (Å²) < 4.78 is 1.07. The standard InChI is InChI=1S/C12H14BrNO2/c13-11-5-3-8(4-6-11)9-1-2-10(7-9)12(15)14-16/h3-6,9-10,16H,1-2,7H2,(H,14,15)/t9-,10-/m0/s1. The van der Waals surface area contributed by atoms with Crippen LogP contribution in [0.4, 0.5) is 0 Å². The van der Waals surface area contributed by atoms with E-state index in [1.807, 2.05) is 12.1 Å². The zero-order valence-electron chi connectivity index (χ0n) is 8.82. The number of hydrogen-bond donors (Lipinski definition) is 2. The normalized spacial score (nSPS) is 24.4. The molecule has 0 radical (unpaired) electrons. The van der Waals surface area contributed by atoms with Crippen LogP contribution in [0, 0.1) is 5.92 Å². The number of nitrogens with one attached hydrogen (secondary N) is 1. The van der Waals surface area contributed by atoms with Crippen molar-refractivity contribution < 1.29 is 10.0 Å². The van der Waals surface area contributed by atoms with Crippen LogP contribution < -0.4 is 5.48 Å². The highest BCUT2D eigenvalue weighted by Gasteiger charge is 2.30. The van der Waals surface area contributed by atoms with Gasteiger partial charge in [0, 0.05) is 10.4 Å². The minimum atomic E-state index is -0.250. The van der Waals surface area contributed by atoms with Gasteiger partial charge in [0.1, 0.15) is 0 Å². The van der Waals surface area contributed by atoms with E-state index < -0.39 is 0 Å². The van der Waals surface area contributed by atoms with Crippen molar-refractivity contribution in [3.05, 3.63) is 34.3 Å². The quantitative estimate of drug-likeness (QED) is 0.648. The number of carbonyl (C=O) groups is 1. The summed E-state index contributed by atoms with van der Waals surface area (Å²) in [4.78, 5) is 11.3. The Morgan fingerprint density at radius 1 is 1.31 bits per heavy atom. The number of hydroxylamine groups is 1. The van der Waals surface area contributed by atoms with E-state index in [-0.39, 0.29) is 11.8 Å². The van der Waals surface area contributed by atoms with Gasteiger partial charge in [-0.05, 0) is 42.9 Å². The van der Waals surface area contributed by atoms with E-state index in [2.05, 4.69) is 28.1 Å². The summed E-state index contributed by atoms with van der Waals surface area (Å²) in [5.74, 6) is 0.147. The average molecular weight is 284 g/mol. The molecule has 1 saturated carbocycles. The van der Waals surface area contributed by atoms with E-state index in [0.717, 1.165) is 23.7 Å². The number of rotatable bonds is 2. The molecule has 16 heavy (non-hydrogen) atoms. The number of benzene rings is 1. The molecule has 0 heterocycles. The SMILES string of the molecule is O=C(NO)[C@H]1CC[C@H](c2ccc(Br)cc2)C1. The summed E-state index contributed by atoms with van der Waals surface area (Å²) in [7, 11) is 0. The summed E-state index contributed by atoms with van der Waals surface area (Å²) in [6, 6.07) is 8.23. The predicted octanol–water partition coefficient (Wildman–Crippen LogP) is 2.84. The van der Waals surface area contributed by atoms with Gasteiger partial charge in [-0.2, -0.15) is 0 Å². The summed E-state index contributed by atoms with van der Waals surface area (Å²) in [5.41, 5.74) is 3.02. The van der Waals surface area contributed by atoms with Crippen molar-refractivity contribution in [1.82, 2.24) is 5.48 Å². The minimum Gasteiger partial charge on any atom is -0.289 e. The fourth-order valence-corrected chi connectivity index (χ4v) is 2.61. The zero-order valence-corrected chi connectivity index (χ0v) is 10.4. The molecule has 2 N–H and O–H groups in total. The average Bonchev–Trinajstić information content (AvgIpc) is 2.78. The molecule has 1 aliphatic carbocycles. The number of carbonyl (C=O) groups excluding carboxylic acids is 1. The third-order valence-electron chi connectivity index (χ3n) is 3.26. The van der Waals surface area contributed by atoms with Crippen LogP contribution in [-0.2, 0) is 4.79 Å². The van der Waals surface area contributed by atoms with Gasteiger partial charge < -0.3 is 0 Å². The Kier molecular flexibility index (Phi) is 3.61. The number of amides is 1. The van der Waals surface area contributed by atoms with Crippen molar-refractivity contribution in [2.24, 2.45) is 5.92 Å². The van der Waals surface area contributed by atoms with Crippen LogP contribution in [0.1, 0.15) is 30.7 Å². The van der Waals surface area contributed by atoms with Crippen LogP contribution in [0.25, 0.3) is 0 Å². The van der Waals surface area contributed by atoms with Crippen molar-refractivity contribution in [2.75, 3.05) is 0 Å². The molecule has 0 unspecified atom stereocenters. The first-order chi connectivity index (χ1) is 7.70. The van der Waals surface area contributed by atoms with Gasteiger partial charge in [0.25, 0.3) is 0 Å². The van der Waals surface area contributed by atoms with Gasteiger partial charge in [-0.15, -0.1) is 0 Å². The van der Waals surface area contributed by atoms with Crippen molar-refractivity contribution in [3.8, 4) is 0 Å². The lowest BCUT2D eigenvalue weighted by Gasteiger charge is -2.10. The van der Waals surface area contributed by atoms with Crippen LogP contribution in [0.2, 0.25) is 0 Å². The summed E-state index contributed by atoms with van der Waals surface area (Å²) >= 11 is 3.40. The molecule has 1 aliphatic rings. The fraction of sp³-hybridized carbons (Fsp3) is 0.417. The maximum atomic E-state index is 11.3. The number of halogens is 1. The van der Waals surface area contributed by atoms with E-state index in [0.29, 0.717) is 5.92 Å². The molecule has 86 valence electrons. The second-order valence-corrected chi connectivity index (χ2v) is 5.15. The third kappa shape index (κ3) is 2.44. The second kappa shape index (κ2) is 4.97. The van der Waals surface area contributed by atoms with Crippen molar-refractivity contribution in [2.45, 2.75) is 25.2 Å². The summed E-state index contributed by atoms with van der Waals surface area (Å²) in [6.07, 6.45) is 2.70. The molecule has 0 aromatic heterocycles. The maximum absolute atomic E-state index is 11.3. The molecular weight excluding hydrogens is 270 g/mol. The van der Waals surface area contributed by atoms with Gasteiger partial charge in [-0.25, -0.2) is 5.48 Å². The summed E-state index contributed by atoms with van der Waals surface area (Å²) in [6.45, 7) is 0. The van der Waals surface area contributed by atoms with Crippen LogP contribution in [0.3, 0.4) is 0 Å². The molecule has 1 fully saturated rings. The van der Waals surface area contributed by atoms with Crippen molar-refractivity contribution in [1.29, 1.82) is 0 Å². The Morgan fingerprint density at radius 2 is 2.00 bits per heavy atom. The van der Waals surface area contributed by atoms with Gasteiger partial charge in [0.2, 0.25) is 5.91 Å². The van der Waals surface area contributed by atoms with E-state index >= 15 is 0 Å². The first kappa shape index (κ1) is 11.6. The fourth-order valence-electron chi connectivity index (χ4n) is 2.35. The molecule has 1 aromatic carbocycles. The highest BCUT2D eigenvalue weighted by atomic mass is 79.9. The highest BCUT2D eigenvalue weighted by Crippen LogP contribution is 2.38. The van der Waals surface area contributed by atoms with Gasteiger partial charge in [-0.3, -0.25) is 10.0 Å². The zero-order chi connectivity index (χ0) is 11.5. The lowest BCUT2D eigenvalue weighted by Crippen LogP contribution is -2.26. The van der Waals surface area contributed by atoms with Gasteiger partial charge >= 0.3 is 0 Å². The number of hydrogen-bond acceptors (Lipinski definition) is 2. The molecular formula is C12H14BrNO2. The van der Waals surface area contributed by atoms with Crippen LogP contribution in [-0.4, -0.2) is 11.1 Å². The van der Waals surface area contributed by atoms with Gasteiger partial charge in [0.05, 0.1) is 0 Å². The van der Waals surface area contributed by atoms with Crippen LogP contribution in [0.5, 0.6) is 0 Å². The van der Waals surface area contributed by atoms with Gasteiger partial charge in [0.15, 0.2) is 0 Å². The Bertz CT molecular complexity index is 377. The van der Waals surface area contributed by atoms with E-state index in [1.54, 1.807) is 5.48 Å². The van der Waals surface area contributed by atoms with Gasteiger partial charge in [-0.1, -0.05) is 28.1 Å². The molecule has 0 aliphatic heterocycles. The molecule has 1 aromatic rings. The van der Waals surface area contributed by atoms with E-state index in [4.69, 9.17) is 5.21 Å². The van der Waals surface area contributed by atoms with E-state index in [1.165, 1.54) is 5.56 Å². The van der Waals surface area contributed by atoms with E-state index in [9.17, 15) is 4.79 Å². The van der Waals surface area contributed by atoms with Crippen LogP contribution >= 0.6 is 15.9 Å². The van der Waals surface area contributed by atoms with Crippen molar-refractivity contribution >= 4 is 21.8 Å². The maximum Gasteiger partial charge on any atom is 0.246 e. The lowest BCUT2D eigenvalue weighted by molar-refractivity contribution is -0.133. The Morgan fingerprint density at radius 3 is 2.62 bits per heavy atom. The molecule has 0 saturated heterocycles. The Labute approximate surface area is 103 Å². The monoisotopic (exact) mass is 283 g/mol. The minimum absolute atomic E-state index is 0.0429. The highest BCUT2D eigenvalue weighted by molar-refractivity contribution is 9.10. The largest absolute Gasteiger partial charge is 0.289 e. The van der Waals surface area contributed by atoms with Crippen LogP contribution in [0.15, 0.2) is 28.7 Å². The summed E-state index contributed by atoms with van der Waals surface area (Å²) in [5, 5.41) is 8.58. The first-order valence-corrected chi connectivity index (χ1v) is 6.19. The lowest BCUT2D eigenvalue weighted by atomic mass is 9.96. The molecule has 1 amide bonds. The molecule has 0 bridgehead atoms. The molecule has 0 spiro atoms. The molecule has 2 rings (SSSR count). The molecule has 4 heteroatoms. The Hall–Kier alpha value is -0.870.